The molecule has 0 bridgehead atoms. The van der Waals surface area contributed by atoms with Crippen LogP contribution in [-0.2, 0) is 17.9 Å². The average Bonchev–Trinajstić information content (AvgIpc) is 2.79. The fourth-order valence-electron chi connectivity index (χ4n) is 1.11. The first-order valence-electron chi connectivity index (χ1n) is 4.13. The molecule has 0 unspecified atom stereocenters. The molecule has 0 aromatic carbocycles. The Labute approximate surface area is 85.4 Å². The zero-order valence-corrected chi connectivity index (χ0v) is 8.57. The van der Waals surface area contributed by atoms with Crippen LogP contribution in [0.5, 0.6) is 0 Å². The summed E-state index contributed by atoms with van der Waals surface area (Å²) in [6.07, 6.45) is 1.86. The lowest BCUT2D eigenvalue weighted by Crippen LogP contribution is -2.00. The molecule has 0 aliphatic rings. The van der Waals surface area contributed by atoms with E-state index in [1.165, 1.54) is 0 Å². The van der Waals surface area contributed by atoms with E-state index in [9.17, 15) is 0 Å². The van der Waals surface area contributed by atoms with Crippen molar-refractivity contribution in [2.75, 3.05) is 7.11 Å². The van der Waals surface area contributed by atoms with Crippen molar-refractivity contribution in [1.29, 1.82) is 0 Å². The van der Waals surface area contributed by atoms with Crippen molar-refractivity contribution in [3.63, 3.8) is 0 Å². The Morgan fingerprint density at radius 2 is 2.43 bits per heavy atom. The van der Waals surface area contributed by atoms with E-state index in [0.717, 1.165) is 11.4 Å². The second-order valence-electron chi connectivity index (χ2n) is 2.82. The van der Waals surface area contributed by atoms with E-state index < -0.39 is 0 Å². The molecule has 74 valence electrons. The molecule has 2 heterocycles. The minimum atomic E-state index is 0.497. The van der Waals surface area contributed by atoms with Crippen LogP contribution in [-0.4, -0.2) is 27.1 Å². The molecule has 2 aromatic heterocycles. The predicted molar refractivity (Wildman–Crippen MR) is 52.0 cm³/mol. The van der Waals surface area contributed by atoms with Gasteiger partial charge in [-0.1, -0.05) is 5.21 Å². The van der Waals surface area contributed by atoms with Gasteiger partial charge in [-0.15, -0.1) is 16.4 Å². The molecule has 0 aliphatic carbocycles. The molecule has 0 atom stereocenters. The van der Waals surface area contributed by atoms with Crippen molar-refractivity contribution in [2.24, 2.45) is 0 Å². The Bertz CT molecular complexity index is 384. The molecule has 0 fully saturated rings. The van der Waals surface area contributed by atoms with Crippen LogP contribution >= 0.6 is 11.3 Å². The van der Waals surface area contributed by atoms with E-state index in [1.807, 2.05) is 17.1 Å². The van der Waals surface area contributed by atoms with E-state index in [-0.39, 0.29) is 0 Å². The molecular formula is C8H10N4OS. The quantitative estimate of drug-likeness (QED) is 0.753. The molecule has 0 spiro atoms. The van der Waals surface area contributed by atoms with Crippen LogP contribution in [0.2, 0.25) is 0 Å². The van der Waals surface area contributed by atoms with Crippen LogP contribution in [0.4, 0.5) is 0 Å². The second kappa shape index (κ2) is 4.30. The summed E-state index contributed by atoms with van der Waals surface area (Å²) in [6.45, 7) is 1.16. The fraction of sp³-hybridized carbons (Fsp3) is 0.375. The minimum Gasteiger partial charge on any atom is -0.378 e. The zero-order chi connectivity index (χ0) is 9.80. The van der Waals surface area contributed by atoms with Gasteiger partial charge in [-0.2, -0.15) is 0 Å². The van der Waals surface area contributed by atoms with Crippen molar-refractivity contribution < 1.29 is 4.74 Å². The normalized spacial score (nSPS) is 10.6. The highest BCUT2D eigenvalue weighted by atomic mass is 32.1. The summed E-state index contributed by atoms with van der Waals surface area (Å²) >= 11 is 1.58. The number of nitrogens with zero attached hydrogens (tertiary/aromatic N) is 4. The van der Waals surface area contributed by atoms with Crippen LogP contribution in [0.25, 0.3) is 0 Å². The number of methoxy groups -OCH3 is 1. The van der Waals surface area contributed by atoms with Crippen LogP contribution < -0.4 is 0 Å². The van der Waals surface area contributed by atoms with E-state index in [2.05, 4.69) is 15.3 Å². The average molecular weight is 210 g/mol. The first-order chi connectivity index (χ1) is 6.88. The van der Waals surface area contributed by atoms with E-state index in [1.54, 1.807) is 23.1 Å². The number of aromatic nitrogens is 4. The fourth-order valence-corrected chi connectivity index (χ4v) is 1.66. The maximum Gasteiger partial charge on any atom is 0.108 e. The van der Waals surface area contributed by atoms with Crippen molar-refractivity contribution in [3.05, 3.63) is 28.5 Å². The molecule has 14 heavy (non-hydrogen) atoms. The highest BCUT2D eigenvalue weighted by molar-refractivity contribution is 7.07. The Balaban J connectivity index is 2.03. The molecule has 6 heteroatoms. The Morgan fingerprint density at radius 3 is 3.14 bits per heavy atom. The standard InChI is InChI=1S/C8H10N4OS/c1-13-4-7-2-12(11-10-7)3-8-5-14-6-9-8/h2,5-6H,3-4H2,1H3. The Kier molecular flexibility index (Phi) is 2.85. The summed E-state index contributed by atoms with van der Waals surface area (Å²) in [5.41, 5.74) is 3.65. The van der Waals surface area contributed by atoms with Crippen LogP contribution in [0.1, 0.15) is 11.4 Å². The SMILES string of the molecule is COCc1cn(Cc2cscn2)nn1. The van der Waals surface area contributed by atoms with Crippen molar-refractivity contribution in [3.8, 4) is 0 Å². The molecule has 0 saturated heterocycles. The Hall–Kier alpha value is -1.27. The number of hydrogen-bond donors (Lipinski definition) is 0. The summed E-state index contributed by atoms with van der Waals surface area (Å²) in [6, 6.07) is 0. The van der Waals surface area contributed by atoms with Gasteiger partial charge in [-0.25, -0.2) is 9.67 Å². The van der Waals surface area contributed by atoms with E-state index in [4.69, 9.17) is 4.74 Å². The van der Waals surface area contributed by atoms with Crippen LogP contribution in [0, 0.1) is 0 Å². The highest BCUT2D eigenvalue weighted by Crippen LogP contribution is 2.03. The molecule has 0 amide bonds. The van der Waals surface area contributed by atoms with Gasteiger partial charge in [0.1, 0.15) is 5.69 Å². The smallest absolute Gasteiger partial charge is 0.108 e. The lowest BCUT2D eigenvalue weighted by Gasteiger charge is -1.94. The number of ether oxygens (including phenoxy) is 1. The molecule has 5 nitrogen and oxygen atoms in total. The van der Waals surface area contributed by atoms with Crippen molar-refractivity contribution >= 4 is 11.3 Å². The third-order valence-electron chi connectivity index (χ3n) is 1.69. The van der Waals surface area contributed by atoms with Crippen LogP contribution in [0.15, 0.2) is 17.1 Å². The Morgan fingerprint density at radius 1 is 1.50 bits per heavy atom. The van der Waals surface area contributed by atoms with Gasteiger partial charge < -0.3 is 4.74 Å². The molecule has 0 radical (unpaired) electrons. The first-order valence-corrected chi connectivity index (χ1v) is 5.08. The lowest BCUT2D eigenvalue weighted by molar-refractivity contribution is 0.181. The highest BCUT2D eigenvalue weighted by Gasteiger charge is 2.01. The van der Waals surface area contributed by atoms with Crippen molar-refractivity contribution in [2.45, 2.75) is 13.2 Å². The lowest BCUT2D eigenvalue weighted by atomic mass is 10.5. The molecule has 0 saturated carbocycles. The molecule has 0 aliphatic heterocycles. The van der Waals surface area contributed by atoms with Gasteiger partial charge >= 0.3 is 0 Å². The maximum atomic E-state index is 4.95. The number of rotatable bonds is 4. The topological polar surface area (TPSA) is 52.8 Å². The molecular weight excluding hydrogens is 200 g/mol. The summed E-state index contributed by atoms with van der Waals surface area (Å²) < 4.78 is 6.70. The maximum absolute atomic E-state index is 4.95. The van der Waals surface area contributed by atoms with Crippen LogP contribution in [0.3, 0.4) is 0 Å². The summed E-state index contributed by atoms with van der Waals surface area (Å²) in [4.78, 5) is 4.17. The van der Waals surface area contributed by atoms with Gasteiger partial charge in [0.25, 0.3) is 0 Å². The van der Waals surface area contributed by atoms with Gasteiger partial charge in [-0.3, -0.25) is 0 Å². The van der Waals surface area contributed by atoms with E-state index in [0.29, 0.717) is 13.2 Å². The largest absolute Gasteiger partial charge is 0.378 e. The minimum absolute atomic E-state index is 0.497. The number of thiazole rings is 1. The molecule has 0 N–H and O–H groups in total. The van der Waals surface area contributed by atoms with Crippen molar-refractivity contribution in [1.82, 2.24) is 20.0 Å². The third kappa shape index (κ3) is 2.15. The first kappa shape index (κ1) is 9.29. The van der Waals surface area contributed by atoms with Gasteiger partial charge in [0, 0.05) is 12.5 Å². The second-order valence-corrected chi connectivity index (χ2v) is 3.54. The predicted octanol–water partition coefficient (Wildman–Crippen LogP) is 0.929. The molecule has 2 aromatic rings. The summed E-state index contributed by atoms with van der Waals surface area (Å²) in [5.74, 6) is 0. The monoisotopic (exact) mass is 210 g/mol. The summed E-state index contributed by atoms with van der Waals surface area (Å²) in [5, 5.41) is 9.91. The van der Waals surface area contributed by atoms with Gasteiger partial charge in [0.2, 0.25) is 0 Å². The van der Waals surface area contributed by atoms with Gasteiger partial charge in [-0.05, 0) is 0 Å². The van der Waals surface area contributed by atoms with E-state index >= 15 is 0 Å². The third-order valence-corrected chi connectivity index (χ3v) is 2.32. The van der Waals surface area contributed by atoms with Gasteiger partial charge in [0.15, 0.2) is 0 Å². The number of hydrogen-bond acceptors (Lipinski definition) is 5. The summed E-state index contributed by atoms with van der Waals surface area (Å²) in [7, 11) is 1.64. The van der Waals surface area contributed by atoms with Gasteiger partial charge in [0.05, 0.1) is 30.6 Å². The zero-order valence-electron chi connectivity index (χ0n) is 7.75. The molecule has 2 rings (SSSR count).